The van der Waals surface area contributed by atoms with Crippen LogP contribution in [0.5, 0.6) is 0 Å². The van der Waals surface area contributed by atoms with E-state index in [0.29, 0.717) is 12.6 Å². The number of hydrogen-bond donors (Lipinski definition) is 2. The van der Waals surface area contributed by atoms with Crippen molar-refractivity contribution in [3.8, 4) is 0 Å². The standard InChI is InChI=1S/C9H19NO2/c1-7-8(4-5-12-7)10-6-9(2,3)11/h7-8,10-11H,4-6H2,1-3H3/t7-,8+/m1/s1. The molecule has 1 aliphatic heterocycles. The Balaban J connectivity index is 2.23. The van der Waals surface area contributed by atoms with E-state index >= 15 is 0 Å². The molecular formula is C9H19NO2. The Morgan fingerprint density at radius 3 is 2.67 bits per heavy atom. The van der Waals surface area contributed by atoms with Crippen LogP contribution in [0.1, 0.15) is 27.2 Å². The second kappa shape index (κ2) is 3.73. The second-order valence-electron chi connectivity index (χ2n) is 4.16. The van der Waals surface area contributed by atoms with Crippen LogP contribution < -0.4 is 5.32 Å². The van der Waals surface area contributed by atoms with E-state index < -0.39 is 5.60 Å². The van der Waals surface area contributed by atoms with Gasteiger partial charge in [0.2, 0.25) is 0 Å². The van der Waals surface area contributed by atoms with E-state index in [4.69, 9.17) is 4.74 Å². The maximum Gasteiger partial charge on any atom is 0.0715 e. The van der Waals surface area contributed by atoms with E-state index in [1.54, 1.807) is 13.8 Å². The van der Waals surface area contributed by atoms with Gasteiger partial charge in [0.25, 0.3) is 0 Å². The fraction of sp³-hybridized carbons (Fsp3) is 1.00. The molecule has 2 N–H and O–H groups in total. The van der Waals surface area contributed by atoms with E-state index in [2.05, 4.69) is 12.2 Å². The highest BCUT2D eigenvalue weighted by Gasteiger charge is 2.25. The second-order valence-corrected chi connectivity index (χ2v) is 4.16. The van der Waals surface area contributed by atoms with E-state index in [1.807, 2.05) is 0 Å². The summed E-state index contributed by atoms with van der Waals surface area (Å²) in [6, 6.07) is 0.413. The molecule has 1 aliphatic rings. The molecule has 0 spiro atoms. The maximum absolute atomic E-state index is 9.46. The van der Waals surface area contributed by atoms with Crippen molar-refractivity contribution in [1.29, 1.82) is 0 Å². The Morgan fingerprint density at radius 1 is 1.58 bits per heavy atom. The fourth-order valence-electron chi connectivity index (χ4n) is 1.38. The third kappa shape index (κ3) is 3.09. The zero-order valence-corrected chi connectivity index (χ0v) is 8.13. The molecule has 1 heterocycles. The molecule has 2 atom stereocenters. The van der Waals surface area contributed by atoms with Crippen molar-refractivity contribution in [1.82, 2.24) is 5.32 Å². The van der Waals surface area contributed by atoms with Gasteiger partial charge in [0.05, 0.1) is 11.7 Å². The summed E-state index contributed by atoms with van der Waals surface area (Å²) in [5, 5.41) is 12.8. The lowest BCUT2D eigenvalue weighted by Gasteiger charge is -2.22. The summed E-state index contributed by atoms with van der Waals surface area (Å²) in [6.07, 6.45) is 1.34. The zero-order valence-electron chi connectivity index (χ0n) is 8.13. The van der Waals surface area contributed by atoms with Gasteiger partial charge in [-0.15, -0.1) is 0 Å². The zero-order chi connectivity index (χ0) is 9.19. The summed E-state index contributed by atoms with van der Waals surface area (Å²) in [4.78, 5) is 0. The third-order valence-electron chi connectivity index (χ3n) is 2.17. The van der Waals surface area contributed by atoms with Gasteiger partial charge in [0.1, 0.15) is 0 Å². The summed E-state index contributed by atoms with van der Waals surface area (Å²) in [5.41, 5.74) is -0.623. The average Bonchev–Trinajstić information content (AvgIpc) is 2.29. The molecule has 12 heavy (non-hydrogen) atoms. The molecule has 1 saturated heterocycles. The number of ether oxygens (including phenoxy) is 1. The minimum atomic E-state index is -0.623. The third-order valence-corrected chi connectivity index (χ3v) is 2.17. The smallest absolute Gasteiger partial charge is 0.0715 e. The number of rotatable bonds is 3. The molecular weight excluding hydrogens is 154 g/mol. The van der Waals surface area contributed by atoms with Gasteiger partial charge in [-0.05, 0) is 27.2 Å². The van der Waals surface area contributed by atoms with Crippen molar-refractivity contribution in [3.05, 3.63) is 0 Å². The van der Waals surface area contributed by atoms with Crippen molar-refractivity contribution in [2.45, 2.75) is 44.9 Å². The van der Waals surface area contributed by atoms with Gasteiger partial charge in [0.15, 0.2) is 0 Å². The van der Waals surface area contributed by atoms with E-state index in [1.165, 1.54) is 0 Å². The molecule has 3 heteroatoms. The number of hydrogen-bond acceptors (Lipinski definition) is 3. The minimum Gasteiger partial charge on any atom is -0.389 e. The summed E-state index contributed by atoms with van der Waals surface area (Å²) < 4.78 is 5.39. The first-order valence-corrected chi connectivity index (χ1v) is 4.56. The van der Waals surface area contributed by atoms with Crippen LogP contribution in [-0.2, 0) is 4.74 Å². The number of aliphatic hydroxyl groups is 1. The highest BCUT2D eigenvalue weighted by molar-refractivity contribution is 4.81. The minimum absolute atomic E-state index is 0.285. The Morgan fingerprint density at radius 2 is 2.25 bits per heavy atom. The van der Waals surface area contributed by atoms with Gasteiger partial charge in [-0.3, -0.25) is 0 Å². The highest BCUT2D eigenvalue weighted by Crippen LogP contribution is 2.13. The van der Waals surface area contributed by atoms with Gasteiger partial charge in [-0.25, -0.2) is 0 Å². The van der Waals surface area contributed by atoms with E-state index in [-0.39, 0.29) is 6.10 Å². The molecule has 0 aromatic rings. The van der Waals surface area contributed by atoms with Gasteiger partial charge < -0.3 is 15.2 Å². The normalized spacial score (nSPS) is 31.0. The molecule has 1 rings (SSSR count). The summed E-state index contributed by atoms with van der Waals surface area (Å²) in [7, 11) is 0. The van der Waals surface area contributed by atoms with Crippen LogP contribution in [0.25, 0.3) is 0 Å². The monoisotopic (exact) mass is 173 g/mol. The summed E-state index contributed by atoms with van der Waals surface area (Å²) >= 11 is 0. The fourth-order valence-corrected chi connectivity index (χ4v) is 1.38. The Hall–Kier alpha value is -0.120. The SMILES string of the molecule is C[C@H]1OCC[C@@H]1NCC(C)(C)O. The van der Waals surface area contributed by atoms with Crippen molar-refractivity contribution >= 4 is 0 Å². The lowest BCUT2D eigenvalue weighted by molar-refractivity contribution is 0.0679. The maximum atomic E-state index is 9.46. The molecule has 0 aromatic carbocycles. The highest BCUT2D eigenvalue weighted by atomic mass is 16.5. The van der Waals surface area contributed by atoms with Gasteiger partial charge in [-0.2, -0.15) is 0 Å². The van der Waals surface area contributed by atoms with Crippen molar-refractivity contribution in [2.24, 2.45) is 0 Å². The van der Waals surface area contributed by atoms with Gasteiger partial charge >= 0.3 is 0 Å². The van der Waals surface area contributed by atoms with Crippen LogP contribution in [0.4, 0.5) is 0 Å². The van der Waals surface area contributed by atoms with Crippen LogP contribution in [0.3, 0.4) is 0 Å². The quantitative estimate of drug-likeness (QED) is 0.654. The predicted octanol–water partition coefficient (Wildman–Crippen LogP) is 0.524. The van der Waals surface area contributed by atoms with Crippen molar-refractivity contribution in [3.63, 3.8) is 0 Å². The molecule has 0 aliphatic carbocycles. The summed E-state index contributed by atoms with van der Waals surface area (Å²) in [5.74, 6) is 0. The van der Waals surface area contributed by atoms with Crippen LogP contribution in [0.15, 0.2) is 0 Å². The topological polar surface area (TPSA) is 41.5 Å². The first-order chi connectivity index (χ1) is 5.49. The molecule has 0 unspecified atom stereocenters. The molecule has 0 bridgehead atoms. The molecule has 1 fully saturated rings. The molecule has 0 aromatic heterocycles. The Kier molecular flexibility index (Phi) is 3.09. The first kappa shape index (κ1) is 9.96. The molecule has 72 valence electrons. The number of nitrogens with one attached hydrogen (secondary N) is 1. The summed E-state index contributed by atoms with van der Waals surface area (Å²) in [6.45, 7) is 7.14. The van der Waals surface area contributed by atoms with Gasteiger partial charge in [0, 0.05) is 19.2 Å². The largest absolute Gasteiger partial charge is 0.389 e. The van der Waals surface area contributed by atoms with Crippen LogP contribution >= 0.6 is 0 Å². The molecule has 0 saturated carbocycles. The Labute approximate surface area is 74.1 Å². The van der Waals surface area contributed by atoms with Crippen LogP contribution in [0.2, 0.25) is 0 Å². The first-order valence-electron chi connectivity index (χ1n) is 4.56. The van der Waals surface area contributed by atoms with Crippen molar-refractivity contribution < 1.29 is 9.84 Å². The Bertz CT molecular complexity index is 142. The van der Waals surface area contributed by atoms with E-state index in [0.717, 1.165) is 13.0 Å². The molecule has 0 radical (unpaired) electrons. The van der Waals surface area contributed by atoms with Crippen LogP contribution in [0, 0.1) is 0 Å². The lowest BCUT2D eigenvalue weighted by Crippen LogP contribution is -2.43. The van der Waals surface area contributed by atoms with Crippen molar-refractivity contribution in [2.75, 3.05) is 13.2 Å². The van der Waals surface area contributed by atoms with Crippen LogP contribution in [-0.4, -0.2) is 36.0 Å². The van der Waals surface area contributed by atoms with E-state index in [9.17, 15) is 5.11 Å². The molecule has 0 amide bonds. The lowest BCUT2D eigenvalue weighted by atomic mass is 10.1. The predicted molar refractivity (Wildman–Crippen MR) is 48.1 cm³/mol. The molecule has 3 nitrogen and oxygen atoms in total. The van der Waals surface area contributed by atoms with Gasteiger partial charge in [-0.1, -0.05) is 0 Å². The average molecular weight is 173 g/mol.